The summed E-state index contributed by atoms with van der Waals surface area (Å²) in [6.07, 6.45) is 5.29. The zero-order valence-corrected chi connectivity index (χ0v) is 13.1. The summed E-state index contributed by atoms with van der Waals surface area (Å²) >= 11 is 0. The third kappa shape index (κ3) is 3.95. The van der Waals surface area contributed by atoms with Crippen LogP contribution in [0.25, 0.3) is 0 Å². The fourth-order valence-corrected chi connectivity index (χ4v) is 3.93. The lowest BCUT2D eigenvalue weighted by molar-refractivity contribution is 0.223. The Kier molecular flexibility index (Phi) is 5.24. The minimum absolute atomic E-state index is 0.197. The van der Waals surface area contributed by atoms with Gasteiger partial charge < -0.3 is 5.73 Å². The number of rotatable bonds is 4. The maximum atomic E-state index is 12.1. The minimum Gasteiger partial charge on any atom is -0.327 e. The summed E-state index contributed by atoms with van der Waals surface area (Å²) in [5.41, 5.74) is 6.14. The number of nitrogens with two attached hydrogens (primary N) is 1. The quantitative estimate of drug-likeness (QED) is 0.858. The van der Waals surface area contributed by atoms with Crippen LogP contribution in [0, 0.1) is 11.8 Å². The summed E-state index contributed by atoms with van der Waals surface area (Å²) in [7, 11) is -3.00. The first-order valence-electron chi connectivity index (χ1n) is 7.15. The van der Waals surface area contributed by atoms with Crippen LogP contribution in [0.3, 0.4) is 0 Å². The summed E-state index contributed by atoms with van der Waals surface area (Å²) in [6, 6.07) is 0.197. The summed E-state index contributed by atoms with van der Waals surface area (Å²) in [6.45, 7) is 7.54. The first-order chi connectivity index (χ1) is 8.17. The number of sulfone groups is 1. The van der Waals surface area contributed by atoms with E-state index in [0.717, 1.165) is 25.2 Å². The molecule has 0 aromatic carbocycles. The van der Waals surface area contributed by atoms with Gasteiger partial charge in [-0.2, -0.15) is 0 Å². The molecule has 0 bridgehead atoms. The van der Waals surface area contributed by atoms with E-state index >= 15 is 0 Å². The maximum absolute atomic E-state index is 12.1. The van der Waals surface area contributed by atoms with E-state index < -0.39 is 14.6 Å². The topological polar surface area (TPSA) is 60.2 Å². The second-order valence-electron chi connectivity index (χ2n) is 6.73. The molecule has 1 aliphatic carbocycles. The average molecular weight is 275 g/mol. The Morgan fingerprint density at radius 3 is 2.33 bits per heavy atom. The standard InChI is InChI=1S/C14H29NO2S/c1-5-11-6-7-13(15)12(10-11)8-9-18(16,17)14(2,3)4/h11-13H,5-10,15H2,1-4H3. The molecule has 1 saturated carbocycles. The summed E-state index contributed by atoms with van der Waals surface area (Å²) in [5.74, 6) is 1.42. The van der Waals surface area contributed by atoms with Crippen molar-refractivity contribution in [3.63, 3.8) is 0 Å². The minimum atomic E-state index is -3.00. The molecular formula is C14H29NO2S. The first kappa shape index (κ1) is 16.0. The molecule has 3 nitrogen and oxygen atoms in total. The molecule has 108 valence electrons. The van der Waals surface area contributed by atoms with Gasteiger partial charge >= 0.3 is 0 Å². The zero-order chi connectivity index (χ0) is 14.0. The van der Waals surface area contributed by atoms with E-state index in [-0.39, 0.29) is 11.8 Å². The van der Waals surface area contributed by atoms with E-state index in [1.165, 1.54) is 12.8 Å². The molecule has 3 unspecified atom stereocenters. The molecule has 18 heavy (non-hydrogen) atoms. The number of hydrogen-bond acceptors (Lipinski definition) is 3. The van der Waals surface area contributed by atoms with Gasteiger partial charge in [0.1, 0.15) is 0 Å². The van der Waals surface area contributed by atoms with E-state index in [4.69, 9.17) is 5.73 Å². The summed E-state index contributed by atoms with van der Waals surface area (Å²) < 4.78 is 23.6. The highest BCUT2D eigenvalue weighted by atomic mass is 32.2. The van der Waals surface area contributed by atoms with Crippen molar-refractivity contribution in [1.82, 2.24) is 0 Å². The molecule has 1 aliphatic rings. The summed E-state index contributed by atoms with van der Waals surface area (Å²) in [4.78, 5) is 0. The van der Waals surface area contributed by atoms with E-state index in [0.29, 0.717) is 5.92 Å². The maximum Gasteiger partial charge on any atom is 0.155 e. The van der Waals surface area contributed by atoms with Gasteiger partial charge in [-0.3, -0.25) is 0 Å². The lowest BCUT2D eigenvalue weighted by Gasteiger charge is -2.34. The predicted octanol–water partition coefficient (Wildman–Crippen LogP) is 2.74. The SMILES string of the molecule is CCC1CCC(N)C(CCS(=O)(=O)C(C)(C)C)C1. The Bertz CT molecular complexity index is 356. The van der Waals surface area contributed by atoms with E-state index in [2.05, 4.69) is 6.92 Å². The Hall–Kier alpha value is -0.0900. The molecule has 1 rings (SSSR count). The molecule has 4 heteroatoms. The first-order valence-corrected chi connectivity index (χ1v) is 8.80. The molecule has 0 aromatic heterocycles. The Morgan fingerprint density at radius 2 is 1.83 bits per heavy atom. The van der Waals surface area contributed by atoms with Crippen LogP contribution in [-0.2, 0) is 9.84 Å². The molecule has 0 aliphatic heterocycles. The third-order valence-corrected chi connectivity index (χ3v) is 7.06. The highest BCUT2D eigenvalue weighted by Gasteiger charge is 2.32. The zero-order valence-electron chi connectivity index (χ0n) is 12.3. The van der Waals surface area contributed by atoms with Crippen LogP contribution in [0.1, 0.15) is 59.8 Å². The smallest absolute Gasteiger partial charge is 0.155 e. The van der Waals surface area contributed by atoms with Crippen molar-refractivity contribution in [2.24, 2.45) is 17.6 Å². The van der Waals surface area contributed by atoms with E-state index in [1.54, 1.807) is 20.8 Å². The Morgan fingerprint density at radius 1 is 1.22 bits per heavy atom. The molecule has 0 amide bonds. The summed E-state index contributed by atoms with van der Waals surface area (Å²) in [5, 5.41) is 0. The predicted molar refractivity (Wildman–Crippen MR) is 77.3 cm³/mol. The van der Waals surface area contributed by atoms with Gasteiger partial charge in [0, 0.05) is 6.04 Å². The lowest BCUT2D eigenvalue weighted by Crippen LogP contribution is -2.38. The van der Waals surface area contributed by atoms with E-state index in [9.17, 15) is 8.42 Å². The fourth-order valence-electron chi connectivity index (χ4n) is 2.70. The number of hydrogen-bond donors (Lipinski definition) is 1. The largest absolute Gasteiger partial charge is 0.327 e. The van der Waals surface area contributed by atoms with Gasteiger partial charge in [-0.1, -0.05) is 13.3 Å². The van der Waals surface area contributed by atoms with Crippen molar-refractivity contribution < 1.29 is 8.42 Å². The average Bonchev–Trinajstić information content (AvgIpc) is 2.26. The van der Waals surface area contributed by atoms with Gasteiger partial charge in [0.25, 0.3) is 0 Å². The molecule has 0 heterocycles. The Balaban J connectivity index is 2.57. The third-order valence-electron chi connectivity index (χ3n) is 4.42. The fraction of sp³-hybridized carbons (Fsp3) is 1.00. The second-order valence-corrected chi connectivity index (χ2v) is 9.59. The Labute approximate surface area is 112 Å². The molecular weight excluding hydrogens is 246 g/mol. The van der Waals surface area contributed by atoms with Crippen molar-refractivity contribution in [3.8, 4) is 0 Å². The monoisotopic (exact) mass is 275 g/mol. The molecule has 0 aromatic rings. The molecule has 2 N–H and O–H groups in total. The van der Waals surface area contributed by atoms with Crippen molar-refractivity contribution in [3.05, 3.63) is 0 Å². The van der Waals surface area contributed by atoms with Crippen LogP contribution in [0.4, 0.5) is 0 Å². The van der Waals surface area contributed by atoms with Crippen LogP contribution in [0.2, 0.25) is 0 Å². The van der Waals surface area contributed by atoms with Crippen LogP contribution in [-0.4, -0.2) is 25.0 Å². The van der Waals surface area contributed by atoms with Crippen molar-refractivity contribution in [2.45, 2.75) is 70.6 Å². The molecule has 0 saturated heterocycles. The van der Waals surface area contributed by atoms with Gasteiger partial charge in [-0.05, 0) is 58.3 Å². The van der Waals surface area contributed by atoms with Gasteiger partial charge in [0.2, 0.25) is 0 Å². The van der Waals surface area contributed by atoms with Gasteiger partial charge in [0.15, 0.2) is 9.84 Å². The molecule has 3 atom stereocenters. The van der Waals surface area contributed by atoms with Crippen molar-refractivity contribution in [1.29, 1.82) is 0 Å². The normalized spacial score (nSPS) is 30.4. The second kappa shape index (κ2) is 5.91. The lowest BCUT2D eigenvalue weighted by atomic mass is 9.76. The van der Waals surface area contributed by atoms with Gasteiger partial charge in [0.05, 0.1) is 10.5 Å². The van der Waals surface area contributed by atoms with Crippen LogP contribution >= 0.6 is 0 Å². The van der Waals surface area contributed by atoms with Crippen molar-refractivity contribution >= 4 is 9.84 Å². The van der Waals surface area contributed by atoms with Crippen LogP contribution < -0.4 is 5.73 Å². The molecule has 0 spiro atoms. The van der Waals surface area contributed by atoms with E-state index in [1.807, 2.05) is 0 Å². The molecule has 0 radical (unpaired) electrons. The highest BCUT2D eigenvalue weighted by Crippen LogP contribution is 2.33. The molecule has 1 fully saturated rings. The highest BCUT2D eigenvalue weighted by molar-refractivity contribution is 7.92. The van der Waals surface area contributed by atoms with Gasteiger partial charge in [-0.15, -0.1) is 0 Å². The van der Waals surface area contributed by atoms with Crippen molar-refractivity contribution in [2.75, 3.05) is 5.75 Å². The van der Waals surface area contributed by atoms with Crippen LogP contribution in [0.5, 0.6) is 0 Å². The van der Waals surface area contributed by atoms with Crippen LogP contribution in [0.15, 0.2) is 0 Å². The van der Waals surface area contributed by atoms with Gasteiger partial charge in [-0.25, -0.2) is 8.42 Å².